The van der Waals surface area contributed by atoms with E-state index in [-0.39, 0.29) is 0 Å². The number of allylic oxidation sites excluding steroid dienone is 4. The van der Waals surface area contributed by atoms with E-state index >= 15 is 0 Å². The summed E-state index contributed by atoms with van der Waals surface area (Å²) in [5, 5.41) is 1.50. The molecule has 1 aliphatic rings. The maximum absolute atomic E-state index is 6.17. The van der Waals surface area contributed by atoms with Crippen LogP contribution in [0.3, 0.4) is 0 Å². The van der Waals surface area contributed by atoms with Gasteiger partial charge in [0.1, 0.15) is 0 Å². The molecule has 1 aliphatic carbocycles. The average Bonchev–Trinajstić information content (AvgIpc) is 2.84. The van der Waals surface area contributed by atoms with Crippen molar-refractivity contribution >= 4 is 23.2 Å². The van der Waals surface area contributed by atoms with Crippen molar-refractivity contribution in [3.8, 4) is 0 Å². The number of benzene rings is 1. The maximum atomic E-state index is 6.17. The fourth-order valence-corrected chi connectivity index (χ4v) is 3.15. The minimum atomic E-state index is 0.708. The first-order valence-corrected chi connectivity index (χ1v) is 7.75. The van der Waals surface area contributed by atoms with E-state index in [1.165, 1.54) is 24.8 Å². The van der Waals surface area contributed by atoms with Gasteiger partial charge in [0, 0.05) is 10.0 Å². The summed E-state index contributed by atoms with van der Waals surface area (Å²) in [6.07, 6.45) is 11.8. The summed E-state index contributed by atoms with van der Waals surface area (Å²) in [6.45, 7) is 2.14. The van der Waals surface area contributed by atoms with Crippen molar-refractivity contribution in [3.05, 3.63) is 57.1 Å². The van der Waals surface area contributed by atoms with Crippen LogP contribution in [0.25, 0.3) is 0 Å². The van der Waals surface area contributed by atoms with Crippen LogP contribution < -0.4 is 0 Å². The fourth-order valence-electron chi connectivity index (χ4n) is 2.65. The lowest BCUT2D eigenvalue weighted by atomic mass is 10.0. The Kier molecular flexibility index (Phi) is 5.54. The molecular weight excluding hydrogens is 275 g/mol. The van der Waals surface area contributed by atoms with Gasteiger partial charge in [0.2, 0.25) is 0 Å². The highest BCUT2D eigenvalue weighted by atomic mass is 35.5. The third-order valence-electron chi connectivity index (χ3n) is 3.71. The van der Waals surface area contributed by atoms with Crippen LogP contribution in [0.1, 0.15) is 44.6 Å². The van der Waals surface area contributed by atoms with E-state index in [9.17, 15) is 0 Å². The molecule has 0 amide bonds. The molecule has 1 aromatic carbocycles. The van der Waals surface area contributed by atoms with Crippen molar-refractivity contribution in [3.63, 3.8) is 0 Å². The van der Waals surface area contributed by atoms with Crippen LogP contribution >= 0.6 is 23.2 Å². The Morgan fingerprint density at radius 2 is 1.95 bits per heavy atom. The quantitative estimate of drug-likeness (QED) is 0.566. The number of hydrogen-bond acceptors (Lipinski definition) is 0. The lowest BCUT2D eigenvalue weighted by Gasteiger charge is -2.04. The van der Waals surface area contributed by atoms with Crippen LogP contribution in [0.5, 0.6) is 0 Å². The maximum Gasteiger partial charge on any atom is 0.0452 e. The highest BCUT2D eigenvalue weighted by Gasteiger charge is 2.11. The third-order valence-corrected chi connectivity index (χ3v) is 4.30. The molecule has 0 radical (unpaired) electrons. The minimum Gasteiger partial charge on any atom is -0.0843 e. The summed E-state index contributed by atoms with van der Waals surface area (Å²) < 4.78 is 0. The van der Waals surface area contributed by atoms with Gasteiger partial charge in [-0.25, -0.2) is 0 Å². The molecular formula is C17H20Cl2. The van der Waals surface area contributed by atoms with Gasteiger partial charge in [0.25, 0.3) is 0 Å². The number of aryl methyl sites for hydroxylation is 1. The first-order chi connectivity index (χ1) is 9.20. The SMILES string of the molecule is C/C=C1/CCC/C1=C/CCCc1ccc(Cl)cc1Cl. The second kappa shape index (κ2) is 7.17. The van der Waals surface area contributed by atoms with Gasteiger partial charge < -0.3 is 0 Å². The normalized spacial score (nSPS) is 19.5. The van der Waals surface area contributed by atoms with Gasteiger partial charge >= 0.3 is 0 Å². The molecule has 0 atom stereocenters. The predicted molar refractivity (Wildman–Crippen MR) is 85.1 cm³/mol. The third kappa shape index (κ3) is 4.12. The van der Waals surface area contributed by atoms with Crippen LogP contribution in [-0.4, -0.2) is 0 Å². The molecule has 0 bridgehead atoms. The molecule has 1 saturated carbocycles. The van der Waals surface area contributed by atoms with Gasteiger partial charge in [0.15, 0.2) is 0 Å². The zero-order chi connectivity index (χ0) is 13.7. The van der Waals surface area contributed by atoms with Crippen molar-refractivity contribution in [2.24, 2.45) is 0 Å². The molecule has 1 aromatic rings. The molecule has 1 fully saturated rings. The Bertz CT molecular complexity index is 498. The molecule has 102 valence electrons. The van der Waals surface area contributed by atoms with E-state index in [1.54, 1.807) is 11.1 Å². The molecule has 0 heterocycles. The molecule has 0 unspecified atom stereocenters. The molecule has 2 heteroatoms. The molecule has 0 saturated heterocycles. The van der Waals surface area contributed by atoms with Crippen LogP contribution in [0.2, 0.25) is 10.0 Å². The second-order valence-electron chi connectivity index (χ2n) is 5.02. The Morgan fingerprint density at radius 1 is 1.16 bits per heavy atom. The fraction of sp³-hybridized carbons (Fsp3) is 0.412. The standard InChI is InChI=1S/C17H20Cl2/c1-2-13-8-5-9-14(13)6-3-4-7-15-10-11-16(18)12-17(15)19/h2,6,10-12H,3-5,7-9H2,1H3/b13-2-,14-6-. The molecule has 2 rings (SSSR count). The van der Waals surface area contributed by atoms with Gasteiger partial charge in [-0.2, -0.15) is 0 Å². The molecule has 0 spiro atoms. The largest absolute Gasteiger partial charge is 0.0843 e. The Labute approximate surface area is 126 Å². The van der Waals surface area contributed by atoms with Gasteiger partial charge in [-0.05, 0) is 74.3 Å². The summed E-state index contributed by atoms with van der Waals surface area (Å²) >= 11 is 12.1. The first kappa shape index (κ1) is 14.7. The summed E-state index contributed by atoms with van der Waals surface area (Å²) in [4.78, 5) is 0. The van der Waals surface area contributed by atoms with Crippen molar-refractivity contribution in [2.45, 2.75) is 45.4 Å². The van der Waals surface area contributed by atoms with Crippen molar-refractivity contribution in [1.29, 1.82) is 0 Å². The molecule has 0 aliphatic heterocycles. The zero-order valence-electron chi connectivity index (χ0n) is 11.4. The van der Waals surface area contributed by atoms with Gasteiger partial charge in [0.05, 0.1) is 0 Å². The zero-order valence-corrected chi connectivity index (χ0v) is 12.9. The van der Waals surface area contributed by atoms with Crippen LogP contribution in [0.4, 0.5) is 0 Å². The number of halogens is 2. The summed E-state index contributed by atoms with van der Waals surface area (Å²) in [6, 6.07) is 5.77. The van der Waals surface area contributed by atoms with Crippen LogP contribution in [-0.2, 0) is 6.42 Å². The predicted octanol–water partition coefficient (Wildman–Crippen LogP) is 6.37. The topological polar surface area (TPSA) is 0 Å². The second-order valence-corrected chi connectivity index (χ2v) is 5.87. The van der Waals surface area contributed by atoms with Crippen molar-refractivity contribution in [1.82, 2.24) is 0 Å². The minimum absolute atomic E-state index is 0.708. The van der Waals surface area contributed by atoms with Crippen LogP contribution in [0.15, 0.2) is 41.5 Å². The smallest absolute Gasteiger partial charge is 0.0452 e. The summed E-state index contributed by atoms with van der Waals surface area (Å²) in [5.41, 5.74) is 4.30. The number of rotatable bonds is 4. The van der Waals surface area contributed by atoms with Crippen LogP contribution in [0, 0.1) is 0 Å². The van der Waals surface area contributed by atoms with E-state index in [4.69, 9.17) is 23.2 Å². The Morgan fingerprint density at radius 3 is 2.68 bits per heavy atom. The monoisotopic (exact) mass is 294 g/mol. The van der Waals surface area contributed by atoms with Crippen molar-refractivity contribution in [2.75, 3.05) is 0 Å². The average molecular weight is 295 g/mol. The van der Waals surface area contributed by atoms with Crippen molar-refractivity contribution < 1.29 is 0 Å². The highest BCUT2D eigenvalue weighted by molar-refractivity contribution is 6.35. The Balaban J connectivity index is 1.85. The summed E-state index contributed by atoms with van der Waals surface area (Å²) in [5.74, 6) is 0. The lowest BCUT2D eigenvalue weighted by Crippen LogP contribution is -1.87. The Hall–Kier alpha value is -0.720. The van der Waals surface area contributed by atoms with E-state index < -0.39 is 0 Å². The molecule has 0 N–H and O–H groups in total. The summed E-state index contributed by atoms with van der Waals surface area (Å²) in [7, 11) is 0. The lowest BCUT2D eigenvalue weighted by molar-refractivity contribution is 0.836. The van der Waals surface area contributed by atoms with E-state index in [1.807, 2.05) is 18.2 Å². The van der Waals surface area contributed by atoms with Gasteiger partial charge in [-0.15, -0.1) is 0 Å². The van der Waals surface area contributed by atoms with Gasteiger partial charge in [-0.1, -0.05) is 41.4 Å². The first-order valence-electron chi connectivity index (χ1n) is 6.99. The van der Waals surface area contributed by atoms with Gasteiger partial charge in [-0.3, -0.25) is 0 Å². The molecule has 19 heavy (non-hydrogen) atoms. The number of unbranched alkanes of at least 4 members (excludes halogenated alkanes) is 1. The number of hydrogen-bond donors (Lipinski definition) is 0. The van der Waals surface area contributed by atoms with E-state index in [0.29, 0.717) is 5.02 Å². The highest BCUT2D eigenvalue weighted by Crippen LogP contribution is 2.30. The molecule has 0 aromatic heterocycles. The van der Waals surface area contributed by atoms with E-state index in [2.05, 4.69) is 19.1 Å². The molecule has 0 nitrogen and oxygen atoms in total. The van der Waals surface area contributed by atoms with E-state index in [0.717, 1.165) is 24.3 Å².